The van der Waals surface area contributed by atoms with Crippen molar-refractivity contribution in [3.05, 3.63) is 0 Å². The van der Waals surface area contributed by atoms with Crippen LogP contribution in [0.15, 0.2) is 0 Å². The predicted molar refractivity (Wildman–Crippen MR) is 69.5 cm³/mol. The lowest BCUT2D eigenvalue weighted by Crippen LogP contribution is -2.25. The van der Waals surface area contributed by atoms with Gasteiger partial charge in [-0.3, -0.25) is 0 Å². The van der Waals surface area contributed by atoms with Crippen LogP contribution in [0.2, 0.25) is 0 Å². The van der Waals surface area contributed by atoms with Gasteiger partial charge >= 0.3 is 0 Å². The van der Waals surface area contributed by atoms with Crippen LogP contribution in [0.5, 0.6) is 0 Å². The highest BCUT2D eigenvalue weighted by Gasteiger charge is 2.25. The Morgan fingerprint density at radius 1 is 1.47 bits per heavy atom. The molecule has 0 aromatic carbocycles. The van der Waals surface area contributed by atoms with Crippen molar-refractivity contribution in [2.75, 3.05) is 19.6 Å². The minimum absolute atomic E-state index is 0.169. The number of unbranched alkanes of at least 4 members (excludes halogenated alkanes) is 1. The van der Waals surface area contributed by atoms with E-state index < -0.39 is 0 Å². The first-order chi connectivity index (χ1) is 7.94. The lowest BCUT2D eigenvalue weighted by Gasteiger charge is -2.19. The van der Waals surface area contributed by atoms with E-state index in [-0.39, 0.29) is 11.5 Å². The van der Waals surface area contributed by atoms with Crippen LogP contribution in [-0.4, -0.2) is 35.7 Å². The Kier molecular flexibility index (Phi) is 5.42. The number of rotatable bonds is 6. The van der Waals surface area contributed by atoms with Gasteiger partial charge in [0.1, 0.15) is 0 Å². The fourth-order valence-corrected chi connectivity index (χ4v) is 2.42. The number of aliphatic hydroxyl groups is 1. The summed E-state index contributed by atoms with van der Waals surface area (Å²) >= 11 is 0. The summed E-state index contributed by atoms with van der Waals surface area (Å²) in [6, 6.07) is 2.35. The van der Waals surface area contributed by atoms with Crippen molar-refractivity contribution in [3.8, 4) is 6.07 Å². The Hall–Kier alpha value is -0.590. The second kappa shape index (κ2) is 6.37. The van der Waals surface area contributed by atoms with Crippen LogP contribution in [0.25, 0.3) is 0 Å². The van der Waals surface area contributed by atoms with Crippen LogP contribution in [0, 0.1) is 22.7 Å². The van der Waals surface area contributed by atoms with Crippen molar-refractivity contribution in [1.82, 2.24) is 4.90 Å². The number of likely N-dealkylation sites (tertiary alicyclic amines) is 1. The van der Waals surface area contributed by atoms with E-state index in [0.29, 0.717) is 5.92 Å². The second-order valence-electron chi connectivity index (χ2n) is 6.04. The lowest BCUT2D eigenvalue weighted by atomic mass is 9.89. The summed E-state index contributed by atoms with van der Waals surface area (Å²) in [5, 5.41) is 18.4. The molecule has 3 nitrogen and oxygen atoms in total. The van der Waals surface area contributed by atoms with Gasteiger partial charge in [0.15, 0.2) is 0 Å². The molecule has 1 aliphatic rings. The van der Waals surface area contributed by atoms with Gasteiger partial charge < -0.3 is 10.0 Å². The Bertz CT molecular complexity index is 268. The molecule has 1 fully saturated rings. The Morgan fingerprint density at radius 3 is 2.71 bits per heavy atom. The highest BCUT2D eigenvalue weighted by atomic mass is 16.3. The molecule has 0 bridgehead atoms. The first-order valence-electron chi connectivity index (χ1n) is 6.76. The molecule has 0 aliphatic carbocycles. The zero-order valence-corrected chi connectivity index (χ0v) is 11.4. The molecule has 2 atom stereocenters. The molecule has 0 saturated carbocycles. The van der Waals surface area contributed by atoms with Crippen LogP contribution in [0.3, 0.4) is 0 Å². The molecule has 17 heavy (non-hydrogen) atoms. The van der Waals surface area contributed by atoms with Crippen LogP contribution in [0.4, 0.5) is 0 Å². The SMILES string of the molecule is CC(O)C1CCN(CCCCC(C)(C)C#N)C1. The van der Waals surface area contributed by atoms with Gasteiger partial charge in [0.05, 0.1) is 17.6 Å². The minimum Gasteiger partial charge on any atom is -0.393 e. The topological polar surface area (TPSA) is 47.3 Å². The molecule has 0 spiro atoms. The first kappa shape index (κ1) is 14.5. The Labute approximate surface area is 105 Å². The van der Waals surface area contributed by atoms with E-state index in [1.807, 2.05) is 20.8 Å². The number of hydrogen-bond acceptors (Lipinski definition) is 3. The molecule has 0 radical (unpaired) electrons. The van der Waals surface area contributed by atoms with E-state index in [1.165, 1.54) is 0 Å². The molecule has 3 heteroatoms. The molecular formula is C14H26N2O. The summed E-state index contributed by atoms with van der Waals surface area (Å²) in [6.45, 7) is 9.18. The van der Waals surface area contributed by atoms with Crippen molar-refractivity contribution >= 4 is 0 Å². The third kappa shape index (κ3) is 5.06. The average Bonchev–Trinajstić information content (AvgIpc) is 2.73. The zero-order valence-electron chi connectivity index (χ0n) is 11.4. The summed E-state index contributed by atoms with van der Waals surface area (Å²) in [5.41, 5.74) is -0.173. The quantitative estimate of drug-likeness (QED) is 0.723. The van der Waals surface area contributed by atoms with Crippen LogP contribution < -0.4 is 0 Å². The molecule has 98 valence electrons. The van der Waals surface area contributed by atoms with E-state index in [2.05, 4.69) is 11.0 Å². The van der Waals surface area contributed by atoms with Crippen LogP contribution >= 0.6 is 0 Å². The fraction of sp³-hybridized carbons (Fsp3) is 0.929. The Morgan fingerprint density at radius 2 is 2.18 bits per heavy atom. The largest absolute Gasteiger partial charge is 0.393 e. The van der Waals surface area contributed by atoms with Gasteiger partial charge in [0.2, 0.25) is 0 Å². The second-order valence-corrected chi connectivity index (χ2v) is 6.04. The molecule has 0 aromatic heterocycles. The molecule has 2 unspecified atom stereocenters. The van der Waals surface area contributed by atoms with Gasteiger partial charge in [0, 0.05) is 6.54 Å². The standard InChI is InChI=1S/C14H26N2O/c1-12(17)13-6-9-16(10-13)8-5-4-7-14(2,3)11-15/h12-13,17H,4-10H2,1-3H3. The highest BCUT2D eigenvalue weighted by molar-refractivity contribution is 4.91. The smallest absolute Gasteiger partial charge is 0.0683 e. The summed E-state index contributed by atoms with van der Waals surface area (Å²) < 4.78 is 0. The molecule has 0 aromatic rings. The van der Waals surface area contributed by atoms with Crippen molar-refractivity contribution in [1.29, 1.82) is 5.26 Å². The Balaban J connectivity index is 2.11. The molecule has 1 heterocycles. The van der Waals surface area contributed by atoms with E-state index in [4.69, 9.17) is 5.26 Å². The minimum atomic E-state index is -0.173. The third-order valence-electron chi connectivity index (χ3n) is 3.82. The maximum absolute atomic E-state index is 9.52. The third-order valence-corrected chi connectivity index (χ3v) is 3.82. The first-order valence-corrected chi connectivity index (χ1v) is 6.76. The van der Waals surface area contributed by atoms with Crippen molar-refractivity contribution in [2.45, 2.75) is 52.6 Å². The normalized spacial score (nSPS) is 23.6. The van der Waals surface area contributed by atoms with E-state index in [9.17, 15) is 5.11 Å². The average molecular weight is 238 g/mol. The summed E-state index contributed by atoms with van der Waals surface area (Å²) in [5.74, 6) is 0.463. The molecule has 1 saturated heterocycles. The monoisotopic (exact) mass is 238 g/mol. The van der Waals surface area contributed by atoms with E-state index in [1.54, 1.807) is 0 Å². The van der Waals surface area contributed by atoms with Gasteiger partial charge in [-0.1, -0.05) is 6.42 Å². The van der Waals surface area contributed by atoms with Gasteiger partial charge in [0.25, 0.3) is 0 Å². The molecule has 0 amide bonds. The highest BCUT2D eigenvalue weighted by Crippen LogP contribution is 2.23. The summed E-state index contributed by atoms with van der Waals surface area (Å²) in [7, 11) is 0. The van der Waals surface area contributed by atoms with Crippen molar-refractivity contribution < 1.29 is 5.11 Å². The van der Waals surface area contributed by atoms with Gasteiger partial charge in [-0.15, -0.1) is 0 Å². The van der Waals surface area contributed by atoms with E-state index >= 15 is 0 Å². The predicted octanol–water partition coefficient (Wildman–Crippen LogP) is 2.41. The number of nitriles is 1. The van der Waals surface area contributed by atoms with Gasteiger partial charge in [-0.2, -0.15) is 5.26 Å². The molecular weight excluding hydrogens is 212 g/mol. The lowest BCUT2D eigenvalue weighted by molar-refractivity contribution is 0.127. The maximum atomic E-state index is 9.52. The number of aliphatic hydroxyl groups excluding tert-OH is 1. The molecule has 1 aliphatic heterocycles. The van der Waals surface area contributed by atoms with Crippen LogP contribution in [0.1, 0.15) is 46.5 Å². The van der Waals surface area contributed by atoms with Crippen molar-refractivity contribution in [3.63, 3.8) is 0 Å². The van der Waals surface area contributed by atoms with Crippen molar-refractivity contribution in [2.24, 2.45) is 11.3 Å². The van der Waals surface area contributed by atoms with Gasteiger partial charge in [-0.25, -0.2) is 0 Å². The van der Waals surface area contributed by atoms with Crippen LogP contribution in [-0.2, 0) is 0 Å². The summed E-state index contributed by atoms with van der Waals surface area (Å²) in [4.78, 5) is 2.44. The fourth-order valence-electron chi connectivity index (χ4n) is 2.42. The number of hydrogen-bond donors (Lipinski definition) is 1. The zero-order chi connectivity index (χ0) is 12.9. The molecule has 1 rings (SSSR count). The maximum Gasteiger partial charge on any atom is 0.0683 e. The molecule has 1 N–H and O–H groups in total. The van der Waals surface area contributed by atoms with E-state index in [0.717, 1.165) is 45.3 Å². The number of nitrogens with zero attached hydrogens (tertiary/aromatic N) is 2. The summed E-state index contributed by atoms with van der Waals surface area (Å²) in [6.07, 6.45) is 4.23. The van der Waals surface area contributed by atoms with Gasteiger partial charge in [-0.05, 0) is 59.0 Å².